The van der Waals surface area contributed by atoms with Gasteiger partial charge in [0.1, 0.15) is 0 Å². The molecule has 0 aromatic heterocycles. The van der Waals surface area contributed by atoms with Crippen molar-refractivity contribution in [3.05, 3.63) is 6.92 Å². The van der Waals surface area contributed by atoms with Gasteiger partial charge in [0.05, 0.1) is 0 Å². The number of hydrogen-bond acceptors (Lipinski definition) is 0. The summed E-state index contributed by atoms with van der Waals surface area (Å²) < 4.78 is 0. The van der Waals surface area contributed by atoms with E-state index < -0.39 is 0 Å². The van der Waals surface area contributed by atoms with E-state index in [1.807, 2.05) is 0 Å². The van der Waals surface area contributed by atoms with E-state index in [0.717, 1.165) is 11.8 Å². The van der Waals surface area contributed by atoms with E-state index in [0.29, 0.717) is 5.92 Å². The first-order valence-electron chi connectivity index (χ1n) is 5.85. The SMILES string of the molecule is [CH2]C(C)CCC(C)CCCC(C)C. The zero-order valence-electron chi connectivity index (χ0n) is 9.97. The van der Waals surface area contributed by atoms with E-state index >= 15 is 0 Å². The quantitative estimate of drug-likeness (QED) is 0.536. The van der Waals surface area contributed by atoms with Crippen LogP contribution in [-0.4, -0.2) is 0 Å². The van der Waals surface area contributed by atoms with E-state index in [-0.39, 0.29) is 0 Å². The second kappa shape index (κ2) is 7.41. The second-order valence-corrected chi connectivity index (χ2v) is 5.11. The predicted molar refractivity (Wildman–Crippen MR) is 61.6 cm³/mol. The average molecular weight is 183 g/mol. The molecule has 0 amide bonds. The Labute approximate surface area is 85.1 Å². The van der Waals surface area contributed by atoms with Crippen molar-refractivity contribution < 1.29 is 0 Å². The summed E-state index contributed by atoms with van der Waals surface area (Å²) in [6, 6.07) is 0. The summed E-state index contributed by atoms with van der Waals surface area (Å²) >= 11 is 0. The van der Waals surface area contributed by atoms with Gasteiger partial charge in [-0.25, -0.2) is 0 Å². The van der Waals surface area contributed by atoms with E-state index in [4.69, 9.17) is 0 Å². The van der Waals surface area contributed by atoms with Crippen LogP contribution in [0.2, 0.25) is 0 Å². The Morgan fingerprint density at radius 3 is 1.92 bits per heavy atom. The molecule has 2 atom stereocenters. The van der Waals surface area contributed by atoms with Gasteiger partial charge in [0, 0.05) is 0 Å². The van der Waals surface area contributed by atoms with Gasteiger partial charge in [0.2, 0.25) is 0 Å². The summed E-state index contributed by atoms with van der Waals surface area (Å²) in [5.74, 6) is 2.41. The minimum atomic E-state index is 0.632. The van der Waals surface area contributed by atoms with Crippen LogP contribution in [0.1, 0.15) is 59.8 Å². The molecule has 0 aliphatic heterocycles. The lowest BCUT2D eigenvalue weighted by atomic mass is 9.93. The summed E-state index contributed by atoms with van der Waals surface area (Å²) in [5.41, 5.74) is 0. The fourth-order valence-electron chi connectivity index (χ4n) is 1.59. The van der Waals surface area contributed by atoms with Crippen LogP contribution in [0.15, 0.2) is 0 Å². The molecule has 0 aliphatic rings. The van der Waals surface area contributed by atoms with Crippen molar-refractivity contribution in [1.29, 1.82) is 0 Å². The third-order valence-electron chi connectivity index (χ3n) is 2.63. The van der Waals surface area contributed by atoms with Gasteiger partial charge < -0.3 is 0 Å². The molecule has 0 spiro atoms. The Bertz CT molecular complexity index is 103. The smallest absolute Gasteiger partial charge is 0.0443 e. The van der Waals surface area contributed by atoms with Crippen molar-refractivity contribution in [2.75, 3.05) is 0 Å². The molecule has 0 N–H and O–H groups in total. The third kappa shape index (κ3) is 9.92. The molecule has 0 rings (SSSR count). The average Bonchev–Trinajstić information content (AvgIpc) is 2.00. The summed E-state index contributed by atoms with van der Waals surface area (Å²) in [7, 11) is 0. The van der Waals surface area contributed by atoms with E-state index in [9.17, 15) is 0 Å². The molecule has 2 unspecified atom stereocenters. The molecule has 0 nitrogen and oxygen atoms in total. The van der Waals surface area contributed by atoms with Crippen molar-refractivity contribution in [2.45, 2.75) is 59.8 Å². The van der Waals surface area contributed by atoms with Crippen LogP contribution in [0, 0.1) is 24.7 Å². The van der Waals surface area contributed by atoms with Gasteiger partial charge in [0.15, 0.2) is 0 Å². The lowest BCUT2D eigenvalue weighted by Crippen LogP contribution is -1.99. The van der Waals surface area contributed by atoms with E-state index in [1.165, 1.54) is 32.1 Å². The molecule has 0 saturated heterocycles. The maximum Gasteiger partial charge on any atom is -0.0443 e. The Balaban J connectivity index is 3.25. The van der Waals surface area contributed by atoms with E-state index in [2.05, 4.69) is 34.6 Å². The Hall–Kier alpha value is 0. The van der Waals surface area contributed by atoms with Crippen molar-refractivity contribution in [2.24, 2.45) is 17.8 Å². The molecule has 0 aromatic carbocycles. The second-order valence-electron chi connectivity index (χ2n) is 5.11. The minimum absolute atomic E-state index is 0.632. The topological polar surface area (TPSA) is 0 Å². The summed E-state index contributed by atoms with van der Waals surface area (Å²) in [5, 5.41) is 0. The Morgan fingerprint density at radius 2 is 1.46 bits per heavy atom. The molecule has 0 heterocycles. The van der Waals surface area contributed by atoms with Gasteiger partial charge in [-0.05, 0) is 17.8 Å². The van der Waals surface area contributed by atoms with Gasteiger partial charge in [-0.15, -0.1) is 0 Å². The summed E-state index contributed by atoms with van der Waals surface area (Å²) in [6.45, 7) is 13.2. The number of hydrogen-bond donors (Lipinski definition) is 0. The maximum atomic E-state index is 4.02. The van der Waals surface area contributed by atoms with Crippen LogP contribution < -0.4 is 0 Å². The molecule has 79 valence electrons. The molecular weight excluding hydrogens is 156 g/mol. The van der Waals surface area contributed by atoms with Gasteiger partial charge in [-0.1, -0.05) is 66.7 Å². The fraction of sp³-hybridized carbons (Fsp3) is 0.923. The zero-order valence-corrected chi connectivity index (χ0v) is 9.97. The minimum Gasteiger partial charge on any atom is -0.0628 e. The van der Waals surface area contributed by atoms with Crippen molar-refractivity contribution in [3.63, 3.8) is 0 Å². The Kier molecular flexibility index (Phi) is 7.41. The van der Waals surface area contributed by atoms with Crippen molar-refractivity contribution in [3.8, 4) is 0 Å². The van der Waals surface area contributed by atoms with Crippen molar-refractivity contribution in [1.82, 2.24) is 0 Å². The predicted octanol–water partition coefficient (Wildman–Crippen LogP) is 4.70. The van der Waals surface area contributed by atoms with Crippen LogP contribution in [0.25, 0.3) is 0 Å². The standard InChI is InChI=1S/C13H27/c1-11(2)7-6-8-13(5)10-9-12(3)4/h11-13H,3,6-10H2,1-2,4-5H3. The highest BCUT2D eigenvalue weighted by Crippen LogP contribution is 2.18. The van der Waals surface area contributed by atoms with Crippen LogP contribution in [0.4, 0.5) is 0 Å². The lowest BCUT2D eigenvalue weighted by Gasteiger charge is -2.13. The monoisotopic (exact) mass is 183 g/mol. The lowest BCUT2D eigenvalue weighted by molar-refractivity contribution is 0.409. The highest BCUT2D eigenvalue weighted by atomic mass is 14.1. The highest BCUT2D eigenvalue weighted by molar-refractivity contribution is 4.60. The van der Waals surface area contributed by atoms with Crippen LogP contribution in [-0.2, 0) is 0 Å². The highest BCUT2D eigenvalue weighted by Gasteiger charge is 2.04. The fourth-order valence-corrected chi connectivity index (χ4v) is 1.59. The summed E-state index contributed by atoms with van der Waals surface area (Å²) in [6.07, 6.45) is 6.87. The van der Waals surface area contributed by atoms with Gasteiger partial charge >= 0.3 is 0 Å². The van der Waals surface area contributed by atoms with Crippen LogP contribution in [0.3, 0.4) is 0 Å². The molecule has 0 aliphatic carbocycles. The normalized spacial score (nSPS) is 14.1. The van der Waals surface area contributed by atoms with Crippen molar-refractivity contribution >= 4 is 0 Å². The molecule has 0 fully saturated rings. The zero-order chi connectivity index (χ0) is 10.3. The van der Waals surface area contributed by atoms with Crippen LogP contribution in [0.5, 0.6) is 0 Å². The van der Waals surface area contributed by atoms with Gasteiger partial charge in [-0.2, -0.15) is 0 Å². The molecule has 0 heteroatoms. The van der Waals surface area contributed by atoms with Crippen LogP contribution >= 0.6 is 0 Å². The first-order valence-corrected chi connectivity index (χ1v) is 5.85. The van der Waals surface area contributed by atoms with E-state index in [1.54, 1.807) is 0 Å². The molecule has 0 saturated carbocycles. The first-order chi connectivity index (χ1) is 6.02. The molecule has 0 bridgehead atoms. The molecule has 0 aromatic rings. The maximum absolute atomic E-state index is 4.02. The summed E-state index contributed by atoms with van der Waals surface area (Å²) in [4.78, 5) is 0. The largest absolute Gasteiger partial charge is 0.0628 e. The first kappa shape index (κ1) is 13.0. The third-order valence-corrected chi connectivity index (χ3v) is 2.63. The molecular formula is C13H27. The molecule has 1 radical (unpaired) electrons. The number of rotatable bonds is 7. The Morgan fingerprint density at radius 1 is 0.846 bits per heavy atom. The molecule has 13 heavy (non-hydrogen) atoms. The van der Waals surface area contributed by atoms with Gasteiger partial charge in [0.25, 0.3) is 0 Å². The van der Waals surface area contributed by atoms with Gasteiger partial charge in [-0.3, -0.25) is 0 Å².